The fourth-order valence-corrected chi connectivity index (χ4v) is 3.09. The lowest BCUT2D eigenvalue weighted by molar-refractivity contribution is 0.304. The first-order valence-corrected chi connectivity index (χ1v) is 6.59. The Morgan fingerprint density at radius 3 is 2.81 bits per heavy atom. The first-order chi connectivity index (χ1) is 7.63. The van der Waals surface area contributed by atoms with Gasteiger partial charge in [-0.05, 0) is 42.0 Å². The van der Waals surface area contributed by atoms with Crippen molar-refractivity contribution in [3.63, 3.8) is 0 Å². The van der Waals surface area contributed by atoms with Crippen LogP contribution in [0.15, 0.2) is 26.5 Å². The van der Waals surface area contributed by atoms with E-state index >= 15 is 0 Å². The van der Waals surface area contributed by atoms with Crippen LogP contribution in [0.25, 0.3) is 0 Å². The van der Waals surface area contributed by atoms with Crippen molar-refractivity contribution in [3.8, 4) is 0 Å². The maximum atomic E-state index is 5.04. The molecule has 5 heteroatoms. The minimum atomic E-state index is 0.812. The van der Waals surface area contributed by atoms with Crippen molar-refractivity contribution in [1.82, 2.24) is 10.1 Å². The Balaban J connectivity index is 1.91. The van der Waals surface area contributed by atoms with Gasteiger partial charge in [-0.3, -0.25) is 4.90 Å². The molecule has 0 saturated carbocycles. The minimum Gasteiger partial charge on any atom is -0.361 e. The number of hydrogen-bond donors (Lipinski definition) is 0. The van der Waals surface area contributed by atoms with Crippen LogP contribution in [0.1, 0.15) is 16.3 Å². The molecule has 0 atom stereocenters. The maximum Gasteiger partial charge on any atom is 0.133 e. The van der Waals surface area contributed by atoms with E-state index in [4.69, 9.17) is 4.52 Å². The van der Waals surface area contributed by atoms with Gasteiger partial charge in [-0.15, -0.1) is 11.3 Å². The fourth-order valence-electron chi connectivity index (χ4n) is 1.53. The molecular weight excluding hydrogens is 288 g/mol. The molecule has 0 aliphatic rings. The normalized spacial score (nSPS) is 11.2. The SMILES string of the molecule is Cc1cc(CN(C)Cc2ccc(Br)s2)no1. The maximum absolute atomic E-state index is 5.04. The quantitative estimate of drug-likeness (QED) is 0.866. The van der Waals surface area contributed by atoms with Crippen molar-refractivity contribution >= 4 is 27.3 Å². The Morgan fingerprint density at radius 1 is 1.44 bits per heavy atom. The second kappa shape index (κ2) is 5.12. The van der Waals surface area contributed by atoms with Crippen LogP contribution in [0.2, 0.25) is 0 Å². The Morgan fingerprint density at radius 2 is 2.25 bits per heavy atom. The first-order valence-electron chi connectivity index (χ1n) is 4.98. The standard InChI is InChI=1S/C11H13BrN2OS/c1-8-5-9(13-15-8)6-14(2)7-10-3-4-11(12)16-10/h3-5H,6-7H2,1-2H3. The highest BCUT2D eigenvalue weighted by Gasteiger charge is 2.06. The van der Waals surface area contributed by atoms with Gasteiger partial charge in [0.25, 0.3) is 0 Å². The molecular formula is C11H13BrN2OS. The third kappa shape index (κ3) is 3.17. The number of thiophene rings is 1. The molecule has 16 heavy (non-hydrogen) atoms. The second-order valence-corrected chi connectivity index (χ2v) is 6.35. The summed E-state index contributed by atoms with van der Waals surface area (Å²) in [6.07, 6.45) is 0. The first kappa shape index (κ1) is 11.8. The van der Waals surface area contributed by atoms with E-state index in [1.165, 1.54) is 8.66 Å². The number of aromatic nitrogens is 1. The summed E-state index contributed by atoms with van der Waals surface area (Å²) in [5, 5.41) is 3.98. The van der Waals surface area contributed by atoms with E-state index in [9.17, 15) is 0 Å². The predicted molar refractivity (Wildman–Crippen MR) is 68.4 cm³/mol. The van der Waals surface area contributed by atoms with E-state index in [1.54, 1.807) is 11.3 Å². The lowest BCUT2D eigenvalue weighted by Gasteiger charge is -2.13. The molecule has 0 bridgehead atoms. The van der Waals surface area contributed by atoms with Crippen LogP contribution in [0.3, 0.4) is 0 Å². The molecule has 0 unspecified atom stereocenters. The Hall–Kier alpha value is -0.650. The largest absolute Gasteiger partial charge is 0.361 e. The average molecular weight is 301 g/mol. The number of nitrogens with zero attached hydrogens (tertiary/aromatic N) is 2. The van der Waals surface area contributed by atoms with E-state index in [0.29, 0.717) is 0 Å². The fraction of sp³-hybridized carbons (Fsp3) is 0.364. The van der Waals surface area contributed by atoms with E-state index in [1.807, 2.05) is 13.0 Å². The average Bonchev–Trinajstić information content (AvgIpc) is 2.76. The van der Waals surface area contributed by atoms with Crippen LogP contribution in [-0.4, -0.2) is 17.1 Å². The molecule has 0 saturated heterocycles. The van der Waals surface area contributed by atoms with Gasteiger partial charge in [-0.2, -0.15) is 0 Å². The highest BCUT2D eigenvalue weighted by atomic mass is 79.9. The van der Waals surface area contributed by atoms with E-state index < -0.39 is 0 Å². The minimum absolute atomic E-state index is 0.812. The van der Waals surface area contributed by atoms with Crippen LogP contribution in [-0.2, 0) is 13.1 Å². The molecule has 0 aliphatic heterocycles. The Kier molecular flexibility index (Phi) is 3.78. The summed E-state index contributed by atoms with van der Waals surface area (Å²) in [5.74, 6) is 0.863. The van der Waals surface area contributed by atoms with Gasteiger partial charge in [0.15, 0.2) is 0 Å². The van der Waals surface area contributed by atoms with E-state index in [-0.39, 0.29) is 0 Å². The lowest BCUT2D eigenvalue weighted by atomic mass is 10.3. The van der Waals surface area contributed by atoms with Crippen molar-refractivity contribution in [2.24, 2.45) is 0 Å². The molecule has 3 nitrogen and oxygen atoms in total. The highest BCUT2D eigenvalue weighted by molar-refractivity contribution is 9.11. The number of rotatable bonds is 4. The van der Waals surface area contributed by atoms with Crippen molar-refractivity contribution in [2.75, 3.05) is 7.05 Å². The van der Waals surface area contributed by atoms with Crippen molar-refractivity contribution in [2.45, 2.75) is 20.0 Å². The molecule has 2 aromatic heterocycles. The lowest BCUT2D eigenvalue weighted by Crippen LogP contribution is -2.16. The summed E-state index contributed by atoms with van der Waals surface area (Å²) < 4.78 is 6.21. The number of halogens is 1. The third-order valence-corrected chi connectivity index (χ3v) is 3.77. The summed E-state index contributed by atoms with van der Waals surface area (Å²) in [6, 6.07) is 6.19. The van der Waals surface area contributed by atoms with E-state index in [2.05, 4.69) is 45.2 Å². The van der Waals surface area contributed by atoms with Gasteiger partial charge in [0.2, 0.25) is 0 Å². The smallest absolute Gasteiger partial charge is 0.133 e. The zero-order chi connectivity index (χ0) is 11.5. The van der Waals surface area contributed by atoms with Gasteiger partial charge in [0.05, 0.1) is 9.48 Å². The molecule has 0 N–H and O–H groups in total. The monoisotopic (exact) mass is 300 g/mol. The van der Waals surface area contributed by atoms with Gasteiger partial charge in [-0.25, -0.2) is 0 Å². The van der Waals surface area contributed by atoms with Crippen molar-refractivity contribution < 1.29 is 4.52 Å². The van der Waals surface area contributed by atoms with Gasteiger partial charge >= 0.3 is 0 Å². The zero-order valence-electron chi connectivity index (χ0n) is 9.24. The summed E-state index contributed by atoms with van der Waals surface area (Å²) in [4.78, 5) is 3.56. The molecule has 0 radical (unpaired) electrons. The molecule has 0 fully saturated rings. The van der Waals surface area contributed by atoms with E-state index in [0.717, 1.165) is 24.5 Å². The van der Waals surface area contributed by atoms with Crippen molar-refractivity contribution in [3.05, 3.63) is 38.3 Å². The van der Waals surface area contributed by atoms with Crippen LogP contribution in [0.4, 0.5) is 0 Å². The highest BCUT2D eigenvalue weighted by Crippen LogP contribution is 2.23. The summed E-state index contributed by atoms with van der Waals surface area (Å²) in [5.41, 5.74) is 0.982. The molecule has 0 aliphatic carbocycles. The van der Waals surface area contributed by atoms with Gasteiger partial charge in [-0.1, -0.05) is 5.16 Å². The predicted octanol–water partition coefficient (Wildman–Crippen LogP) is 3.44. The molecule has 86 valence electrons. The topological polar surface area (TPSA) is 29.3 Å². The second-order valence-electron chi connectivity index (χ2n) is 3.81. The summed E-state index contributed by atoms with van der Waals surface area (Å²) in [6.45, 7) is 3.65. The number of hydrogen-bond acceptors (Lipinski definition) is 4. The van der Waals surface area contributed by atoms with Gasteiger partial charge < -0.3 is 4.52 Å². The molecule has 0 spiro atoms. The Bertz CT molecular complexity index is 424. The molecule has 0 aromatic carbocycles. The van der Waals surface area contributed by atoms with Gasteiger partial charge in [0.1, 0.15) is 5.76 Å². The molecule has 0 amide bonds. The third-order valence-electron chi connectivity index (χ3n) is 2.16. The molecule has 2 heterocycles. The number of aryl methyl sites for hydroxylation is 1. The van der Waals surface area contributed by atoms with Crippen LogP contribution in [0, 0.1) is 6.92 Å². The van der Waals surface area contributed by atoms with Crippen molar-refractivity contribution in [1.29, 1.82) is 0 Å². The van der Waals surface area contributed by atoms with Crippen LogP contribution < -0.4 is 0 Å². The summed E-state index contributed by atoms with van der Waals surface area (Å²) in [7, 11) is 2.08. The summed E-state index contributed by atoms with van der Waals surface area (Å²) >= 11 is 5.23. The molecule has 2 rings (SSSR count). The van der Waals surface area contributed by atoms with Gasteiger partial charge in [0, 0.05) is 24.0 Å². The molecule has 2 aromatic rings. The zero-order valence-corrected chi connectivity index (χ0v) is 11.6. The van der Waals surface area contributed by atoms with Crippen LogP contribution >= 0.6 is 27.3 Å². The van der Waals surface area contributed by atoms with Crippen LogP contribution in [0.5, 0.6) is 0 Å². The Labute approximate surface area is 107 Å².